The Kier molecular flexibility index (Phi) is 9.60. The van der Waals surface area contributed by atoms with Crippen LogP contribution in [0.25, 0.3) is 0 Å². The highest BCUT2D eigenvalue weighted by Crippen LogP contribution is 2.39. The molecule has 29 heavy (non-hydrogen) atoms. The van der Waals surface area contributed by atoms with Crippen LogP contribution in [0, 0.1) is 5.92 Å². The van der Waals surface area contributed by atoms with Crippen LogP contribution < -0.4 is 0 Å². The van der Waals surface area contributed by atoms with Crippen molar-refractivity contribution in [2.75, 3.05) is 41.0 Å². The largest absolute Gasteiger partial charge is 0.459 e. The van der Waals surface area contributed by atoms with Crippen molar-refractivity contribution in [1.82, 2.24) is 4.90 Å². The average molecular weight is 408 g/mol. The van der Waals surface area contributed by atoms with Gasteiger partial charge in [-0.25, -0.2) is 0 Å². The number of nitrogens with zero attached hydrogens (tertiary/aromatic N) is 1. The number of benzene rings is 1. The summed E-state index contributed by atoms with van der Waals surface area (Å²) in [4.78, 5) is 14.6. The second kappa shape index (κ2) is 11.9. The molecule has 0 bridgehead atoms. The molecule has 1 aromatic rings. The van der Waals surface area contributed by atoms with Gasteiger partial charge >= 0.3 is 0 Å². The highest BCUT2D eigenvalue weighted by molar-refractivity contribution is 5.91. The van der Waals surface area contributed by atoms with E-state index < -0.39 is 12.6 Å². The van der Waals surface area contributed by atoms with Crippen molar-refractivity contribution in [2.24, 2.45) is 5.92 Å². The van der Waals surface area contributed by atoms with Crippen molar-refractivity contribution in [3.8, 4) is 0 Å². The van der Waals surface area contributed by atoms with Gasteiger partial charge in [-0.3, -0.25) is 4.79 Å². The van der Waals surface area contributed by atoms with Crippen molar-refractivity contribution in [3.05, 3.63) is 47.7 Å². The molecular weight excluding hydrogens is 374 g/mol. The number of aliphatic hydroxyl groups is 1. The predicted molar refractivity (Wildman–Crippen MR) is 109 cm³/mol. The lowest BCUT2D eigenvalue weighted by Crippen LogP contribution is -2.41. The fourth-order valence-corrected chi connectivity index (χ4v) is 3.55. The zero-order chi connectivity index (χ0) is 21.2. The maximum Gasteiger partial charge on any atom is 0.288 e. The van der Waals surface area contributed by atoms with Crippen LogP contribution in [0.4, 0.5) is 0 Å². The van der Waals surface area contributed by atoms with E-state index in [1.165, 1.54) is 19.1 Å². The van der Waals surface area contributed by atoms with E-state index in [0.29, 0.717) is 13.0 Å². The third kappa shape index (κ3) is 6.27. The van der Waals surface area contributed by atoms with Gasteiger partial charge in [-0.2, -0.15) is 0 Å². The second-order valence-electron chi connectivity index (χ2n) is 7.03. The van der Waals surface area contributed by atoms with E-state index in [1.807, 2.05) is 43.3 Å². The van der Waals surface area contributed by atoms with Gasteiger partial charge in [-0.05, 0) is 31.4 Å². The molecule has 2 rings (SSSR count). The fraction of sp³-hybridized carbons (Fsp3) is 0.591. The number of carbonyl (C=O) groups excluding carboxylic acids is 1. The minimum Gasteiger partial charge on any atom is -0.459 e. The van der Waals surface area contributed by atoms with Gasteiger partial charge in [0, 0.05) is 46.3 Å². The molecule has 1 heterocycles. The molecule has 0 aliphatic carbocycles. The van der Waals surface area contributed by atoms with Crippen LogP contribution in [0.1, 0.15) is 31.2 Å². The average Bonchev–Trinajstić information content (AvgIpc) is 2.76. The maximum absolute atomic E-state index is 13.0. The Morgan fingerprint density at radius 3 is 2.52 bits per heavy atom. The van der Waals surface area contributed by atoms with E-state index in [4.69, 9.17) is 18.9 Å². The van der Waals surface area contributed by atoms with Gasteiger partial charge in [0.05, 0.1) is 6.54 Å². The molecule has 0 aromatic heterocycles. The highest BCUT2D eigenvalue weighted by atomic mass is 16.7. The van der Waals surface area contributed by atoms with Crippen molar-refractivity contribution < 1.29 is 28.8 Å². The van der Waals surface area contributed by atoms with Crippen LogP contribution in [-0.2, 0) is 23.7 Å². The van der Waals surface area contributed by atoms with Crippen LogP contribution >= 0.6 is 0 Å². The molecule has 1 aliphatic rings. The number of likely N-dealkylation sites (N-methyl/N-ethyl adjacent to an activating group) is 1. The molecule has 1 amide bonds. The Morgan fingerprint density at radius 1 is 1.24 bits per heavy atom. The summed E-state index contributed by atoms with van der Waals surface area (Å²) in [6.45, 7) is 2.74. The standard InChI is InChI=1S/C22H33NO6/c1-5-28-22-17(12-9-13-24)18(16-10-7-6-8-11-16)14-19(29-22)21(25)23(2)15-20(26-3)27-4/h6-8,10-11,14,17-18,20,22,24H,5,9,12-13,15H2,1-4H3/t17-,18-,22-/m1/s1. The van der Waals surface area contributed by atoms with Crippen LogP contribution in [0.2, 0.25) is 0 Å². The summed E-state index contributed by atoms with van der Waals surface area (Å²) in [5.74, 6) is -0.0561. The molecule has 1 aliphatic heterocycles. The molecule has 0 radical (unpaired) electrons. The highest BCUT2D eigenvalue weighted by Gasteiger charge is 2.38. The molecule has 162 valence electrons. The van der Waals surface area contributed by atoms with Gasteiger partial charge in [-0.1, -0.05) is 30.3 Å². The predicted octanol–water partition coefficient (Wildman–Crippen LogP) is 2.51. The Hall–Kier alpha value is -1.93. The Morgan fingerprint density at radius 2 is 1.93 bits per heavy atom. The molecular formula is C22H33NO6. The smallest absolute Gasteiger partial charge is 0.288 e. The van der Waals surface area contributed by atoms with Crippen LogP contribution in [0.3, 0.4) is 0 Å². The number of ether oxygens (including phenoxy) is 4. The first kappa shape index (κ1) is 23.3. The third-order valence-corrected chi connectivity index (χ3v) is 5.10. The van der Waals surface area contributed by atoms with Crippen molar-refractivity contribution in [2.45, 2.75) is 38.3 Å². The third-order valence-electron chi connectivity index (χ3n) is 5.10. The molecule has 0 spiro atoms. The summed E-state index contributed by atoms with van der Waals surface area (Å²) in [6.07, 6.45) is 2.17. The normalized spacial score (nSPS) is 21.6. The number of methoxy groups -OCH3 is 2. The van der Waals surface area contributed by atoms with Crippen LogP contribution in [-0.4, -0.2) is 69.5 Å². The minimum atomic E-state index is -0.560. The Balaban J connectivity index is 2.33. The molecule has 3 atom stereocenters. The van der Waals surface area contributed by atoms with Crippen molar-refractivity contribution in [3.63, 3.8) is 0 Å². The number of hydrogen-bond acceptors (Lipinski definition) is 6. The number of hydrogen-bond donors (Lipinski definition) is 1. The lowest BCUT2D eigenvalue weighted by atomic mass is 9.80. The molecule has 0 fully saturated rings. The number of aliphatic hydroxyl groups excluding tert-OH is 1. The lowest BCUT2D eigenvalue weighted by Gasteiger charge is -2.37. The second-order valence-corrected chi connectivity index (χ2v) is 7.03. The van der Waals surface area contributed by atoms with Crippen molar-refractivity contribution in [1.29, 1.82) is 0 Å². The van der Waals surface area contributed by atoms with E-state index in [1.54, 1.807) is 7.05 Å². The number of amides is 1. The monoisotopic (exact) mass is 407 g/mol. The van der Waals surface area contributed by atoms with Gasteiger partial charge in [0.15, 0.2) is 12.0 Å². The molecule has 7 heteroatoms. The SMILES string of the molecule is CCO[C@@H]1OC(C(=O)N(C)CC(OC)OC)=C[C@H](c2ccccc2)[C@H]1CCCO. The number of allylic oxidation sites excluding steroid dienone is 1. The van der Waals surface area contributed by atoms with Gasteiger partial charge in [0.2, 0.25) is 6.29 Å². The maximum atomic E-state index is 13.0. The summed E-state index contributed by atoms with van der Waals surface area (Å²) < 4.78 is 22.3. The molecule has 0 saturated carbocycles. The molecule has 1 aromatic carbocycles. The first-order valence-electron chi connectivity index (χ1n) is 10.0. The Bertz CT molecular complexity index is 646. The summed E-state index contributed by atoms with van der Waals surface area (Å²) in [5, 5.41) is 9.33. The topological polar surface area (TPSA) is 77.5 Å². The summed E-state index contributed by atoms with van der Waals surface area (Å²) in [7, 11) is 4.75. The first-order chi connectivity index (χ1) is 14.0. The van der Waals surface area contributed by atoms with E-state index in [0.717, 1.165) is 12.0 Å². The first-order valence-corrected chi connectivity index (χ1v) is 10.0. The van der Waals surface area contributed by atoms with E-state index in [2.05, 4.69) is 0 Å². The zero-order valence-corrected chi connectivity index (χ0v) is 17.7. The molecule has 7 nitrogen and oxygen atoms in total. The summed E-state index contributed by atoms with van der Waals surface area (Å²) in [6, 6.07) is 10.0. The quantitative estimate of drug-likeness (QED) is 0.568. The summed E-state index contributed by atoms with van der Waals surface area (Å²) in [5.41, 5.74) is 1.09. The Labute approximate surface area is 173 Å². The van der Waals surface area contributed by atoms with Crippen molar-refractivity contribution >= 4 is 5.91 Å². The summed E-state index contributed by atoms with van der Waals surface area (Å²) >= 11 is 0. The molecule has 1 N–H and O–H groups in total. The van der Waals surface area contributed by atoms with E-state index in [-0.39, 0.29) is 36.7 Å². The number of carbonyl (C=O) groups is 1. The van der Waals surface area contributed by atoms with Gasteiger partial charge in [0.1, 0.15) is 0 Å². The molecule has 0 saturated heterocycles. The zero-order valence-electron chi connectivity index (χ0n) is 17.7. The van der Waals surface area contributed by atoms with Gasteiger partial charge in [0.25, 0.3) is 5.91 Å². The minimum absolute atomic E-state index is 0.00273. The fourth-order valence-electron chi connectivity index (χ4n) is 3.55. The van der Waals surface area contributed by atoms with E-state index in [9.17, 15) is 9.90 Å². The van der Waals surface area contributed by atoms with Gasteiger partial charge in [-0.15, -0.1) is 0 Å². The number of rotatable bonds is 11. The van der Waals surface area contributed by atoms with E-state index >= 15 is 0 Å². The van der Waals surface area contributed by atoms with Crippen LogP contribution in [0.15, 0.2) is 42.2 Å². The van der Waals surface area contributed by atoms with Gasteiger partial charge < -0.3 is 29.0 Å². The van der Waals surface area contributed by atoms with Crippen LogP contribution in [0.5, 0.6) is 0 Å². The lowest BCUT2D eigenvalue weighted by molar-refractivity contribution is -0.172. The molecule has 0 unspecified atom stereocenters.